The maximum atomic E-state index is 13.2. The molecular weight excluding hydrogens is 418 g/mol. The molecule has 0 aromatic heterocycles. The SMILES string of the molecule is COCCC1(NC(=O)Nc2cccc(C)c2)CCN(C(=O)c2cc(Cl)ccc2OC)C1. The highest BCUT2D eigenvalue weighted by atomic mass is 35.5. The number of nitrogens with one attached hydrogen (secondary N) is 2. The van der Waals surface area contributed by atoms with Crippen LogP contribution in [0.5, 0.6) is 5.75 Å². The summed E-state index contributed by atoms with van der Waals surface area (Å²) in [5.41, 5.74) is 1.58. The lowest BCUT2D eigenvalue weighted by Gasteiger charge is -2.30. The van der Waals surface area contributed by atoms with E-state index in [2.05, 4.69) is 10.6 Å². The number of nitrogens with zero attached hydrogens (tertiary/aromatic N) is 1. The molecule has 1 unspecified atom stereocenters. The Hall–Kier alpha value is -2.77. The van der Waals surface area contributed by atoms with E-state index in [1.54, 1.807) is 30.2 Å². The maximum absolute atomic E-state index is 13.2. The van der Waals surface area contributed by atoms with Crippen LogP contribution in [0.2, 0.25) is 5.02 Å². The molecule has 1 saturated heterocycles. The van der Waals surface area contributed by atoms with E-state index in [9.17, 15) is 9.59 Å². The van der Waals surface area contributed by atoms with Crippen molar-refractivity contribution in [3.63, 3.8) is 0 Å². The normalized spacial score (nSPS) is 18.0. The third-order valence-electron chi connectivity index (χ3n) is 5.47. The molecule has 2 N–H and O–H groups in total. The summed E-state index contributed by atoms with van der Waals surface area (Å²) in [6.45, 7) is 3.30. The molecule has 7 nitrogen and oxygen atoms in total. The number of anilines is 1. The second-order valence-electron chi connectivity index (χ2n) is 7.79. The number of ether oxygens (including phenoxy) is 2. The van der Waals surface area contributed by atoms with Crippen molar-refractivity contribution in [3.05, 3.63) is 58.6 Å². The Balaban J connectivity index is 1.74. The Kier molecular flexibility index (Phi) is 7.41. The summed E-state index contributed by atoms with van der Waals surface area (Å²) >= 11 is 6.10. The molecule has 8 heteroatoms. The minimum absolute atomic E-state index is 0.181. The lowest BCUT2D eigenvalue weighted by molar-refractivity contribution is 0.0769. The van der Waals surface area contributed by atoms with Gasteiger partial charge in [0.05, 0.1) is 18.2 Å². The topological polar surface area (TPSA) is 79.9 Å². The second-order valence-corrected chi connectivity index (χ2v) is 8.23. The van der Waals surface area contributed by atoms with Crippen LogP contribution in [0.15, 0.2) is 42.5 Å². The Morgan fingerprint density at radius 2 is 2.00 bits per heavy atom. The van der Waals surface area contributed by atoms with Crippen molar-refractivity contribution in [1.29, 1.82) is 0 Å². The molecule has 3 amide bonds. The van der Waals surface area contributed by atoms with Crippen molar-refractivity contribution in [3.8, 4) is 5.75 Å². The first-order chi connectivity index (χ1) is 14.9. The van der Waals surface area contributed by atoms with Crippen LogP contribution < -0.4 is 15.4 Å². The lowest BCUT2D eigenvalue weighted by atomic mass is 9.94. The predicted octanol–water partition coefficient (Wildman–Crippen LogP) is 4.10. The van der Waals surface area contributed by atoms with Gasteiger partial charge in [-0.2, -0.15) is 0 Å². The fraction of sp³-hybridized carbons (Fsp3) is 0.391. The number of rotatable bonds is 7. The fourth-order valence-electron chi connectivity index (χ4n) is 3.86. The van der Waals surface area contributed by atoms with E-state index in [1.165, 1.54) is 7.11 Å². The third-order valence-corrected chi connectivity index (χ3v) is 5.71. The number of carbonyl (C=O) groups excluding carboxylic acids is 2. The number of urea groups is 1. The fourth-order valence-corrected chi connectivity index (χ4v) is 4.03. The van der Waals surface area contributed by atoms with E-state index < -0.39 is 5.54 Å². The summed E-state index contributed by atoms with van der Waals surface area (Å²) in [7, 11) is 3.14. The zero-order valence-electron chi connectivity index (χ0n) is 18.0. The molecule has 0 saturated carbocycles. The Morgan fingerprint density at radius 3 is 2.71 bits per heavy atom. The summed E-state index contributed by atoms with van der Waals surface area (Å²) in [6, 6.07) is 12.3. The quantitative estimate of drug-likeness (QED) is 0.672. The highest BCUT2D eigenvalue weighted by molar-refractivity contribution is 6.31. The van der Waals surface area contributed by atoms with E-state index in [-0.39, 0.29) is 11.9 Å². The van der Waals surface area contributed by atoms with Gasteiger partial charge in [0.1, 0.15) is 5.75 Å². The zero-order chi connectivity index (χ0) is 22.4. The average molecular weight is 446 g/mol. The number of aryl methyl sites for hydroxylation is 1. The van der Waals surface area contributed by atoms with Crippen LogP contribution in [0, 0.1) is 6.92 Å². The minimum Gasteiger partial charge on any atom is -0.496 e. The van der Waals surface area contributed by atoms with Crippen LogP contribution in [0.4, 0.5) is 10.5 Å². The molecule has 1 aliphatic heterocycles. The Labute approximate surface area is 187 Å². The standard InChI is InChI=1S/C23H28ClN3O4/c1-16-5-4-6-18(13-16)25-22(29)26-23(10-12-30-2)9-11-27(15-23)21(28)19-14-17(24)7-8-20(19)31-3/h4-8,13-14H,9-12,15H2,1-3H3,(H2,25,26,29). The Bertz CT molecular complexity index is 952. The first kappa shape index (κ1) is 22.9. The van der Waals surface area contributed by atoms with Crippen LogP contribution in [-0.4, -0.2) is 56.3 Å². The molecular formula is C23H28ClN3O4. The largest absolute Gasteiger partial charge is 0.496 e. The van der Waals surface area contributed by atoms with Gasteiger partial charge in [-0.25, -0.2) is 4.79 Å². The minimum atomic E-state index is -0.592. The molecule has 0 spiro atoms. The summed E-state index contributed by atoms with van der Waals surface area (Å²) in [4.78, 5) is 27.6. The lowest BCUT2D eigenvalue weighted by Crippen LogP contribution is -2.53. The van der Waals surface area contributed by atoms with Gasteiger partial charge in [-0.15, -0.1) is 0 Å². The highest BCUT2D eigenvalue weighted by Gasteiger charge is 2.41. The average Bonchev–Trinajstić information content (AvgIpc) is 3.15. The van der Waals surface area contributed by atoms with Gasteiger partial charge in [0.15, 0.2) is 0 Å². The number of likely N-dealkylation sites (tertiary alicyclic amines) is 1. The van der Waals surface area contributed by atoms with Crippen molar-refractivity contribution < 1.29 is 19.1 Å². The van der Waals surface area contributed by atoms with Gasteiger partial charge in [0.25, 0.3) is 5.91 Å². The summed E-state index contributed by atoms with van der Waals surface area (Å²) in [5, 5.41) is 6.43. The highest BCUT2D eigenvalue weighted by Crippen LogP contribution is 2.30. The van der Waals surface area contributed by atoms with Gasteiger partial charge in [0.2, 0.25) is 0 Å². The number of halogens is 1. The number of methoxy groups -OCH3 is 2. The second kappa shape index (κ2) is 10.0. The smallest absolute Gasteiger partial charge is 0.319 e. The van der Waals surface area contributed by atoms with Crippen molar-refractivity contribution in [2.75, 3.05) is 39.2 Å². The predicted molar refractivity (Wildman–Crippen MR) is 121 cm³/mol. The monoisotopic (exact) mass is 445 g/mol. The van der Waals surface area contributed by atoms with E-state index in [1.807, 2.05) is 31.2 Å². The van der Waals surface area contributed by atoms with E-state index in [0.29, 0.717) is 54.6 Å². The summed E-state index contributed by atoms with van der Waals surface area (Å²) in [5.74, 6) is 0.286. The third kappa shape index (κ3) is 5.68. The summed E-state index contributed by atoms with van der Waals surface area (Å²) in [6.07, 6.45) is 1.20. The molecule has 31 heavy (non-hydrogen) atoms. The van der Waals surface area contributed by atoms with E-state index in [0.717, 1.165) is 5.56 Å². The van der Waals surface area contributed by atoms with E-state index >= 15 is 0 Å². The molecule has 3 rings (SSSR count). The van der Waals surface area contributed by atoms with Gasteiger partial charge in [-0.3, -0.25) is 4.79 Å². The number of hydrogen-bond donors (Lipinski definition) is 2. The van der Waals surface area contributed by atoms with Gasteiger partial charge in [-0.05, 0) is 55.7 Å². The molecule has 0 aliphatic carbocycles. The zero-order valence-corrected chi connectivity index (χ0v) is 18.8. The number of amides is 3. The van der Waals surface area contributed by atoms with Crippen LogP contribution in [0.1, 0.15) is 28.8 Å². The number of benzene rings is 2. The first-order valence-corrected chi connectivity index (χ1v) is 10.5. The van der Waals surface area contributed by atoms with Gasteiger partial charge < -0.3 is 25.0 Å². The van der Waals surface area contributed by atoms with Crippen molar-refractivity contribution in [1.82, 2.24) is 10.2 Å². The Morgan fingerprint density at radius 1 is 1.19 bits per heavy atom. The molecule has 1 aliphatic rings. The molecule has 166 valence electrons. The maximum Gasteiger partial charge on any atom is 0.319 e. The molecule has 2 aromatic carbocycles. The van der Waals surface area contributed by atoms with Gasteiger partial charge >= 0.3 is 6.03 Å². The van der Waals surface area contributed by atoms with Crippen LogP contribution in [-0.2, 0) is 4.74 Å². The van der Waals surface area contributed by atoms with Crippen molar-refractivity contribution >= 4 is 29.2 Å². The molecule has 0 radical (unpaired) electrons. The molecule has 1 fully saturated rings. The number of hydrogen-bond acceptors (Lipinski definition) is 4. The molecule has 0 bridgehead atoms. The molecule has 1 atom stereocenters. The summed E-state index contributed by atoms with van der Waals surface area (Å²) < 4.78 is 10.6. The van der Waals surface area contributed by atoms with Crippen molar-refractivity contribution in [2.45, 2.75) is 25.3 Å². The number of carbonyl (C=O) groups is 2. The van der Waals surface area contributed by atoms with Crippen LogP contribution in [0.3, 0.4) is 0 Å². The molecule has 2 aromatic rings. The van der Waals surface area contributed by atoms with Crippen LogP contribution in [0.25, 0.3) is 0 Å². The molecule has 1 heterocycles. The van der Waals surface area contributed by atoms with Crippen molar-refractivity contribution in [2.24, 2.45) is 0 Å². The van der Waals surface area contributed by atoms with Gasteiger partial charge in [0, 0.05) is 37.5 Å². The van der Waals surface area contributed by atoms with E-state index in [4.69, 9.17) is 21.1 Å². The first-order valence-electron chi connectivity index (χ1n) is 10.1. The van der Waals surface area contributed by atoms with Gasteiger partial charge in [-0.1, -0.05) is 23.7 Å². The van der Waals surface area contributed by atoms with Crippen LogP contribution >= 0.6 is 11.6 Å².